The number of amides is 1. The van der Waals surface area contributed by atoms with E-state index in [0.717, 1.165) is 31.8 Å². The number of hydrogen-bond acceptors (Lipinski definition) is 2. The molecule has 1 amide bonds. The van der Waals surface area contributed by atoms with Gasteiger partial charge in [0.25, 0.3) is 0 Å². The topological polar surface area (TPSA) is 29.5 Å². The van der Waals surface area contributed by atoms with Crippen LogP contribution in [0.5, 0.6) is 0 Å². The van der Waals surface area contributed by atoms with Crippen LogP contribution in [-0.2, 0) is 4.74 Å². The molecular formula is C19H35NO2. The molecule has 0 aromatic heterocycles. The molecule has 1 heterocycles. The van der Waals surface area contributed by atoms with E-state index in [1.165, 1.54) is 25.7 Å². The summed E-state index contributed by atoms with van der Waals surface area (Å²) in [6, 6.07) is 0. The molecule has 2 aliphatic rings. The van der Waals surface area contributed by atoms with Crippen LogP contribution < -0.4 is 0 Å². The van der Waals surface area contributed by atoms with E-state index in [9.17, 15) is 4.79 Å². The lowest BCUT2D eigenvalue weighted by atomic mass is 9.61. The minimum Gasteiger partial charge on any atom is -0.444 e. The van der Waals surface area contributed by atoms with Crippen molar-refractivity contribution in [3.63, 3.8) is 0 Å². The molecule has 0 aromatic rings. The van der Waals surface area contributed by atoms with Gasteiger partial charge in [0.15, 0.2) is 0 Å². The third-order valence-corrected chi connectivity index (χ3v) is 5.75. The average Bonchev–Trinajstić information content (AvgIpc) is 2.37. The Bertz CT molecular complexity index is 385. The highest BCUT2D eigenvalue weighted by atomic mass is 16.6. The van der Waals surface area contributed by atoms with Gasteiger partial charge in [-0.25, -0.2) is 4.79 Å². The lowest BCUT2D eigenvalue weighted by molar-refractivity contribution is -0.00395. The Labute approximate surface area is 136 Å². The number of rotatable bonds is 0. The quantitative estimate of drug-likeness (QED) is 0.612. The molecule has 1 aliphatic carbocycles. The summed E-state index contributed by atoms with van der Waals surface area (Å²) < 4.78 is 5.50. The summed E-state index contributed by atoms with van der Waals surface area (Å²) in [7, 11) is 0. The largest absolute Gasteiger partial charge is 0.444 e. The van der Waals surface area contributed by atoms with Gasteiger partial charge in [0.05, 0.1) is 0 Å². The number of likely N-dealkylation sites (tertiary alicyclic amines) is 1. The summed E-state index contributed by atoms with van der Waals surface area (Å²) in [6.45, 7) is 14.7. The molecule has 0 N–H and O–H groups in total. The van der Waals surface area contributed by atoms with Gasteiger partial charge in [-0.15, -0.1) is 0 Å². The van der Waals surface area contributed by atoms with Gasteiger partial charge in [-0.2, -0.15) is 0 Å². The van der Waals surface area contributed by atoms with Gasteiger partial charge in [0.1, 0.15) is 5.60 Å². The Hall–Kier alpha value is -0.730. The fraction of sp³-hybridized carbons (Fsp3) is 0.947. The predicted molar refractivity (Wildman–Crippen MR) is 90.9 cm³/mol. The average molecular weight is 309 g/mol. The zero-order valence-electron chi connectivity index (χ0n) is 15.5. The van der Waals surface area contributed by atoms with E-state index < -0.39 is 5.60 Å². The van der Waals surface area contributed by atoms with Crippen molar-refractivity contribution in [2.75, 3.05) is 13.1 Å². The van der Waals surface area contributed by atoms with Crippen molar-refractivity contribution in [2.24, 2.45) is 16.7 Å². The normalized spacial score (nSPS) is 23.6. The molecule has 128 valence electrons. The summed E-state index contributed by atoms with van der Waals surface area (Å²) in [4.78, 5) is 14.1. The maximum atomic E-state index is 12.2. The highest BCUT2D eigenvalue weighted by molar-refractivity contribution is 5.68. The highest BCUT2D eigenvalue weighted by Gasteiger charge is 2.41. The van der Waals surface area contributed by atoms with Gasteiger partial charge < -0.3 is 9.64 Å². The molecule has 3 heteroatoms. The van der Waals surface area contributed by atoms with Gasteiger partial charge in [-0.3, -0.25) is 0 Å². The first-order valence-corrected chi connectivity index (χ1v) is 8.99. The van der Waals surface area contributed by atoms with Crippen molar-refractivity contribution in [1.82, 2.24) is 4.90 Å². The Morgan fingerprint density at radius 3 is 1.86 bits per heavy atom. The first-order chi connectivity index (χ1) is 10.0. The van der Waals surface area contributed by atoms with E-state index in [1.807, 2.05) is 25.7 Å². The zero-order valence-corrected chi connectivity index (χ0v) is 15.5. The van der Waals surface area contributed by atoms with Crippen LogP contribution in [0.4, 0.5) is 4.79 Å². The van der Waals surface area contributed by atoms with E-state index in [-0.39, 0.29) is 6.09 Å². The van der Waals surface area contributed by atoms with Crippen LogP contribution in [-0.4, -0.2) is 29.7 Å². The Balaban J connectivity index is 1.84. The summed E-state index contributed by atoms with van der Waals surface area (Å²) in [6.07, 6.45) is 7.58. The molecule has 22 heavy (non-hydrogen) atoms. The van der Waals surface area contributed by atoms with Crippen molar-refractivity contribution in [3.05, 3.63) is 0 Å². The molecule has 1 aliphatic heterocycles. The van der Waals surface area contributed by atoms with Crippen LogP contribution in [0.1, 0.15) is 80.1 Å². The van der Waals surface area contributed by atoms with Crippen LogP contribution in [0.25, 0.3) is 0 Å². The number of piperidine rings is 1. The van der Waals surface area contributed by atoms with Gasteiger partial charge in [0, 0.05) is 13.1 Å². The fourth-order valence-corrected chi connectivity index (χ4v) is 4.09. The lowest BCUT2D eigenvalue weighted by Crippen LogP contribution is -2.46. The second-order valence-corrected chi connectivity index (χ2v) is 9.61. The monoisotopic (exact) mass is 309 g/mol. The number of nitrogens with zero attached hydrogens (tertiary/aromatic N) is 1. The van der Waals surface area contributed by atoms with Crippen LogP contribution in [0, 0.1) is 16.7 Å². The first-order valence-electron chi connectivity index (χ1n) is 8.99. The summed E-state index contributed by atoms with van der Waals surface area (Å²) in [5, 5.41) is 0. The number of ether oxygens (including phenoxy) is 1. The van der Waals surface area contributed by atoms with Gasteiger partial charge in [-0.05, 0) is 76.0 Å². The lowest BCUT2D eigenvalue weighted by Gasteiger charge is -2.48. The minimum atomic E-state index is -0.392. The Kier molecular flexibility index (Phi) is 4.85. The predicted octanol–water partition coefficient (Wildman–Crippen LogP) is 5.24. The van der Waals surface area contributed by atoms with Crippen molar-refractivity contribution in [1.29, 1.82) is 0 Å². The van der Waals surface area contributed by atoms with E-state index in [0.29, 0.717) is 10.8 Å². The van der Waals surface area contributed by atoms with E-state index in [1.54, 1.807) is 0 Å². The summed E-state index contributed by atoms with van der Waals surface area (Å²) in [5.74, 6) is 0.863. The maximum absolute atomic E-state index is 12.2. The van der Waals surface area contributed by atoms with Crippen molar-refractivity contribution in [3.8, 4) is 0 Å². The number of carbonyl (C=O) groups is 1. The molecule has 1 saturated heterocycles. The molecule has 0 bridgehead atoms. The molecular weight excluding hydrogens is 274 g/mol. The second-order valence-electron chi connectivity index (χ2n) is 9.61. The third kappa shape index (κ3) is 4.39. The van der Waals surface area contributed by atoms with Crippen LogP contribution in [0.3, 0.4) is 0 Å². The van der Waals surface area contributed by atoms with E-state index in [4.69, 9.17) is 4.74 Å². The summed E-state index contributed by atoms with van der Waals surface area (Å²) >= 11 is 0. The number of hydrogen-bond donors (Lipinski definition) is 0. The molecule has 0 aromatic carbocycles. The van der Waals surface area contributed by atoms with Crippen molar-refractivity contribution in [2.45, 2.75) is 85.7 Å². The smallest absolute Gasteiger partial charge is 0.410 e. The zero-order chi connectivity index (χ0) is 16.6. The van der Waals surface area contributed by atoms with Crippen LogP contribution in [0.2, 0.25) is 0 Å². The minimum absolute atomic E-state index is 0.134. The van der Waals surface area contributed by atoms with Gasteiger partial charge in [0.2, 0.25) is 0 Å². The van der Waals surface area contributed by atoms with E-state index >= 15 is 0 Å². The van der Waals surface area contributed by atoms with Crippen LogP contribution in [0.15, 0.2) is 0 Å². The van der Waals surface area contributed by atoms with Gasteiger partial charge >= 0.3 is 6.09 Å². The van der Waals surface area contributed by atoms with Gasteiger partial charge in [-0.1, -0.05) is 20.8 Å². The van der Waals surface area contributed by atoms with Crippen molar-refractivity contribution < 1.29 is 9.53 Å². The highest BCUT2D eigenvalue weighted by Crippen LogP contribution is 2.50. The second kappa shape index (κ2) is 6.05. The molecule has 2 fully saturated rings. The standard InChI is InChI=1S/C19H35NO2/c1-17(2,3)15-7-9-19(10-8-15)11-13-20(14-12-19)16(21)22-18(4,5)6/h15H,7-14H2,1-6H3. The molecule has 0 atom stereocenters. The molecule has 0 radical (unpaired) electrons. The third-order valence-electron chi connectivity index (χ3n) is 5.75. The fourth-order valence-electron chi connectivity index (χ4n) is 4.09. The number of carbonyl (C=O) groups excluding carboxylic acids is 1. The first kappa shape index (κ1) is 17.6. The SMILES string of the molecule is CC(C)(C)OC(=O)N1CCC2(CCC(C(C)(C)C)CC2)CC1. The molecule has 1 spiro atoms. The molecule has 2 rings (SSSR count). The van der Waals surface area contributed by atoms with E-state index in [2.05, 4.69) is 20.8 Å². The van der Waals surface area contributed by atoms with Crippen LogP contribution >= 0.6 is 0 Å². The van der Waals surface area contributed by atoms with Crippen molar-refractivity contribution >= 4 is 6.09 Å². The Morgan fingerprint density at radius 1 is 0.955 bits per heavy atom. The molecule has 3 nitrogen and oxygen atoms in total. The maximum Gasteiger partial charge on any atom is 0.410 e. The Morgan fingerprint density at radius 2 is 1.45 bits per heavy atom. The molecule has 1 saturated carbocycles. The molecule has 0 unspecified atom stereocenters. The summed E-state index contributed by atoms with van der Waals surface area (Å²) in [5.41, 5.74) is 0.552.